The number of aromatic amines is 1. The molecule has 0 radical (unpaired) electrons. The Bertz CT molecular complexity index is 1340. The number of pyridine rings is 2. The smallest absolute Gasteiger partial charge is 0.255 e. The van der Waals surface area contributed by atoms with E-state index >= 15 is 0 Å². The van der Waals surface area contributed by atoms with Crippen molar-refractivity contribution in [2.45, 2.75) is 19.5 Å². The van der Waals surface area contributed by atoms with Gasteiger partial charge in [-0.1, -0.05) is 22.0 Å². The Kier molecular flexibility index (Phi) is 6.02. The predicted molar refractivity (Wildman–Crippen MR) is 130 cm³/mol. The molecule has 4 heterocycles. The van der Waals surface area contributed by atoms with E-state index in [9.17, 15) is 4.79 Å². The van der Waals surface area contributed by atoms with Crippen molar-refractivity contribution in [3.8, 4) is 28.4 Å². The Labute approximate surface area is 199 Å². The SMILES string of the molecule is COc1ccc(Br)cc1-c1ccc(CN2CCc3nc(-c4cccnc4)[nH]c(=O)c3C2)cn1. The zero-order chi connectivity index (χ0) is 22.8. The van der Waals surface area contributed by atoms with Gasteiger partial charge in [-0.25, -0.2) is 4.98 Å². The van der Waals surface area contributed by atoms with Gasteiger partial charge in [0.1, 0.15) is 11.6 Å². The van der Waals surface area contributed by atoms with E-state index < -0.39 is 0 Å². The second kappa shape index (κ2) is 9.25. The summed E-state index contributed by atoms with van der Waals surface area (Å²) in [6.07, 6.45) is 6.03. The number of fused-ring (bicyclic) bond motifs is 1. The third-order valence-electron chi connectivity index (χ3n) is 5.75. The quantitative estimate of drug-likeness (QED) is 0.438. The van der Waals surface area contributed by atoms with E-state index in [-0.39, 0.29) is 5.56 Å². The van der Waals surface area contributed by atoms with Gasteiger partial charge in [0, 0.05) is 60.2 Å². The molecule has 0 unspecified atom stereocenters. The van der Waals surface area contributed by atoms with Crippen LogP contribution in [0.25, 0.3) is 22.6 Å². The normalized spacial score (nSPS) is 13.5. The number of hydrogen-bond acceptors (Lipinski definition) is 6. The Hall–Kier alpha value is -3.36. The Morgan fingerprint density at radius 3 is 2.85 bits per heavy atom. The number of ether oxygens (including phenoxy) is 1. The van der Waals surface area contributed by atoms with Gasteiger partial charge >= 0.3 is 0 Å². The maximum absolute atomic E-state index is 12.8. The molecule has 1 aliphatic rings. The van der Waals surface area contributed by atoms with E-state index in [0.717, 1.165) is 56.8 Å². The molecule has 1 N–H and O–H groups in total. The van der Waals surface area contributed by atoms with Gasteiger partial charge in [-0.3, -0.25) is 19.7 Å². The lowest BCUT2D eigenvalue weighted by Crippen LogP contribution is -2.35. The molecule has 7 nitrogen and oxygen atoms in total. The fourth-order valence-electron chi connectivity index (χ4n) is 4.07. The van der Waals surface area contributed by atoms with Crippen molar-refractivity contribution in [1.29, 1.82) is 0 Å². The third kappa shape index (κ3) is 4.58. The standard InChI is InChI=1S/C25H22BrN5O2/c1-33-23-7-5-18(26)11-19(23)21-6-4-16(12-28-21)14-31-10-8-22-20(15-31)25(32)30-24(29-22)17-3-2-9-27-13-17/h2-7,9,11-13H,8,10,14-15H2,1H3,(H,29,30,32). The van der Waals surface area contributed by atoms with Crippen LogP contribution in [0.5, 0.6) is 5.75 Å². The molecule has 0 atom stereocenters. The summed E-state index contributed by atoms with van der Waals surface area (Å²) in [5.41, 5.74) is 5.21. The zero-order valence-corrected chi connectivity index (χ0v) is 19.7. The summed E-state index contributed by atoms with van der Waals surface area (Å²) in [5, 5.41) is 0. The average Bonchev–Trinajstić information content (AvgIpc) is 2.85. The van der Waals surface area contributed by atoms with Gasteiger partial charge in [-0.2, -0.15) is 0 Å². The summed E-state index contributed by atoms with van der Waals surface area (Å²) in [4.78, 5) is 31.4. The highest BCUT2D eigenvalue weighted by Gasteiger charge is 2.22. The van der Waals surface area contributed by atoms with Crippen molar-refractivity contribution in [2.75, 3.05) is 13.7 Å². The van der Waals surface area contributed by atoms with Crippen LogP contribution in [0.4, 0.5) is 0 Å². The lowest BCUT2D eigenvalue weighted by molar-refractivity contribution is 0.241. The summed E-state index contributed by atoms with van der Waals surface area (Å²) in [6.45, 7) is 2.11. The molecule has 166 valence electrons. The summed E-state index contributed by atoms with van der Waals surface area (Å²) in [7, 11) is 1.66. The predicted octanol–water partition coefficient (Wildman–Crippen LogP) is 4.22. The van der Waals surface area contributed by atoms with Crippen molar-refractivity contribution in [3.63, 3.8) is 0 Å². The molecule has 1 aromatic carbocycles. The van der Waals surface area contributed by atoms with Crippen molar-refractivity contribution < 1.29 is 4.74 Å². The largest absolute Gasteiger partial charge is 0.496 e. The summed E-state index contributed by atoms with van der Waals surface area (Å²) >= 11 is 3.51. The lowest BCUT2D eigenvalue weighted by Gasteiger charge is -2.27. The summed E-state index contributed by atoms with van der Waals surface area (Å²) in [5.74, 6) is 1.35. The molecular weight excluding hydrogens is 482 g/mol. The van der Waals surface area contributed by atoms with Gasteiger partial charge in [0.25, 0.3) is 5.56 Å². The van der Waals surface area contributed by atoms with Crippen LogP contribution in [0.1, 0.15) is 16.8 Å². The molecule has 0 saturated carbocycles. The minimum atomic E-state index is -0.0845. The van der Waals surface area contributed by atoms with E-state index in [2.05, 4.69) is 41.8 Å². The van der Waals surface area contributed by atoms with E-state index in [1.54, 1.807) is 19.5 Å². The van der Waals surface area contributed by atoms with Crippen molar-refractivity contribution in [3.05, 3.63) is 92.7 Å². The van der Waals surface area contributed by atoms with E-state index in [1.165, 1.54) is 0 Å². The summed E-state index contributed by atoms with van der Waals surface area (Å²) in [6, 6.07) is 13.7. The molecule has 4 aromatic rings. The molecule has 0 aliphatic carbocycles. The second-order valence-electron chi connectivity index (χ2n) is 7.94. The van der Waals surface area contributed by atoms with Crippen LogP contribution in [-0.2, 0) is 19.5 Å². The molecular formula is C25H22BrN5O2. The fourth-order valence-corrected chi connectivity index (χ4v) is 4.43. The number of H-pyrrole nitrogens is 1. The van der Waals surface area contributed by atoms with Gasteiger partial charge in [0.2, 0.25) is 0 Å². The maximum atomic E-state index is 12.8. The number of methoxy groups -OCH3 is 1. The molecule has 0 bridgehead atoms. The Morgan fingerprint density at radius 2 is 2.09 bits per heavy atom. The van der Waals surface area contributed by atoms with Gasteiger partial charge < -0.3 is 9.72 Å². The zero-order valence-electron chi connectivity index (χ0n) is 18.1. The van der Waals surface area contributed by atoms with Gasteiger partial charge in [0.05, 0.1) is 24.1 Å². The van der Waals surface area contributed by atoms with Gasteiger partial charge in [-0.05, 0) is 42.0 Å². The molecule has 33 heavy (non-hydrogen) atoms. The number of halogens is 1. The third-order valence-corrected chi connectivity index (χ3v) is 6.24. The number of hydrogen-bond donors (Lipinski definition) is 1. The molecule has 0 fully saturated rings. The number of aromatic nitrogens is 4. The monoisotopic (exact) mass is 503 g/mol. The van der Waals surface area contributed by atoms with E-state index in [0.29, 0.717) is 18.9 Å². The van der Waals surface area contributed by atoms with Crippen LogP contribution >= 0.6 is 15.9 Å². The lowest BCUT2D eigenvalue weighted by atomic mass is 10.1. The Morgan fingerprint density at radius 1 is 1.18 bits per heavy atom. The number of benzene rings is 1. The van der Waals surface area contributed by atoms with E-state index in [1.807, 2.05) is 42.6 Å². The molecule has 1 aliphatic heterocycles. The minimum absolute atomic E-state index is 0.0845. The second-order valence-corrected chi connectivity index (χ2v) is 8.85. The number of nitrogens with one attached hydrogen (secondary N) is 1. The van der Waals surface area contributed by atoms with Crippen LogP contribution in [0.15, 0.2) is 70.3 Å². The molecule has 3 aromatic heterocycles. The van der Waals surface area contributed by atoms with Crippen molar-refractivity contribution in [2.24, 2.45) is 0 Å². The van der Waals surface area contributed by atoms with Gasteiger partial charge in [-0.15, -0.1) is 0 Å². The first-order valence-electron chi connectivity index (χ1n) is 10.6. The molecule has 0 spiro atoms. The van der Waals surface area contributed by atoms with Crippen LogP contribution in [0, 0.1) is 0 Å². The molecule has 0 amide bonds. The summed E-state index contributed by atoms with van der Waals surface area (Å²) < 4.78 is 6.45. The van der Waals surface area contributed by atoms with E-state index in [4.69, 9.17) is 9.72 Å². The molecule has 5 rings (SSSR count). The van der Waals surface area contributed by atoms with Crippen LogP contribution in [0.2, 0.25) is 0 Å². The first-order chi connectivity index (χ1) is 16.1. The maximum Gasteiger partial charge on any atom is 0.255 e. The average molecular weight is 504 g/mol. The fraction of sp³-hybridized carbons (Fsp3) is 0.200. The number of nitrogens with zero attached hydrogens (tertiary/aromatic N) is 4. The molecule has 0 saturated heterocycles. The number of rotatable bonds is 5. The topological polar surface area (TPSA) is 84.0 Å². The van der Waals surface area contributed by atoms with Crippen molar-refractivity contribution >= 4 is 15.9 Å². The van der Waals surface area contributed by atoms with Crippen LogP contribution in [-0.4, -0.2) is 38.5 Å². The Balaban J connectivity index is 1.32. The van der Waals surface area contributed by atoms with Crippen LogP contribution in [0.3, 0.4) is 0 Å². The van der Waals surface area contributed by atoms with Gasteiger partial charge in [0.15, 0.2) is 0 Å². The molecule has 8 heteroatoms. The minimum Gasteiger partial charge on any atom is -0.496 e. The first kappa shape index (κ1) is 21.5. The van der Waals surface area contributed by atoms with Crippen molar-refractivity contribution in [1.82, 2.24) is 24.8 Å². The first-order valence-corrected chi connectivity index (χ1v) is 11.4. The highest BCUT2D eigenvalue weighted by Crippen LogP contribution is 2.31. The van der Waals surface area contributed by atoms with Crippen LogP contribution < -0.4 is 10.3 Å². The highest BCUT2D eigenvalue weighted by atomic mass is 79.9. The highest BCUT2D eigenvalue weighted by molar-refractivity contribution is 9.10.